The SMILES string of the molecule is c1c[nH]cn1.c1ccc2n[nH]nc2c1. The predicted molar refractivity (Wildman–Crippen MR) is 52.5 cm³/mol. The second-order valence-corrected chi connectivity index (χ2v) is 2.57. The van der Waals surface area contributed by atoms with Gasteiger partial charge in [0.25, 0.3) is 0 Å². The van der Waals surface area contributed by atoms with E-state index in [0.29, 0.717) is 0 Å². The van der Waals surface area contributed by atoms with Crippen molar-refractivity contribution in [3.8, 4) is 0 Å². The van der Waals surface area contributed by atoms with Crippen LogP contribution in [0.2, 0.25) is 0 Å². The molecule has 2 aromatic heterocycles. The molecule has 0 unspecified atom stereocenters. The summed E-state index contributed by atoms with van der Waals surface area (Å²) in [6.07, 6.45) is 5.08. The van der Waals surface area contributed by atoms with E-state index in [9.17, 15) is 0 Å². The second kappa shape index (κ2) is 4.18. The Morgan fingerprint density at radius 2 is 1.71 bits per heavy atom. The van der Waals surface area contributed by atoms with Crippen LogP contribution in [0.15, 0.2) is 43.0 Å². The number of rotatable bonds is 0. The number of aromatic amines is 2. The van der Waals surface area contributed by atoms with Gasteiger partial charge in [-0.3, -0.25) is 0 Å². The molecule has 1 aromatic carbocycles. The van der Waals surface area contributed by atoms with Crippen LogP contribution < -0.4 is 0 Å². The van der Waals surface area contributed by atoms with Gasteiger partial charge >= 0.3 is 0 Å². The van der Waals surface area contributed by atoms with Crippen molar-refractivity contribution in [2.24, 2.45) is 0 Å². The van der Waals surface area contributed by atoms with Gasteiger partial charge in [-0.15, -0.1) is 0 Å². The molecule has 2 heterocycles. The molecule has 14 heavy (non-hydrogen) atoms. The van der Waals surface area contributed by atoms with Crippen LogP contribution in [0, 0.1) is 0 Å². The molecule has 0 saturated carbocycles. The minimum absolute atomic E-state index is 0.914. The van der Waals surface area contributed by atoms with E-state index in [1.54, 1.807) is 18.7 Å². The maximum Gasteiger partial charge on any atom is 0.112 e. The van der Waals surface area contributed by atoms with E-state index in [4.69, 9.17) is 0 Å². The van der Waals surface area contributed by atoms with E-state index in [1.807, 2.05) is 24.3 Å². The van der Waals surface area contributed by atoms with Crippen LogP contribution in [0.1, 0.15) is 0 Å². The first-order valence-corrected chi connectivity index (χ1v) is 4.15. The van der Waals surface area contributed by atoms with E-state index in [-0.39, 0.29) is 0 Å². The molecule has 0 radical (unpaired) electrons. The van der Waals surface area contributed by atoms with Crippen LogP contribution in [0.3, 0.4) is 0 Å². The van der Waals surface area contributed by atoms with Gasteiger partial charge in [0.05, 0.1) is 6.33 Å². The molecule has 0 aliphatic rings. The molecule has 0 saturated heterocycles. The summed E-state index contributed by atoms with van der Waals surface area (Å²) in [6.45, 7) is 0. The Balaban J connectivity index is 0.000000128. The monoisotopic (exact) mass is 187 g/mol. The predicted octanol–water partition coefficient (Wildman–Crippen LogP) is 1.37. The van der Waals surface area contributed by atoms with E-state index < -0.39 is 0 Å². The van der Waals surface area contributed by atoms with Crippen LogP contribution >= 0.6 is 0 Å². The summed E-state index contributed by atoms with van der Waals surface area (Å²) < 4.78 is 0. The van der Waals surface area contributed by atoms with E-state index in [1.165, 1.54) is 0 Å². The highest BCUT2D eigenvalue weighted by Crippen LogP contribution is 2.03. The molecular weight excluding hydrogens is 178 g/mol. The molecule has 0 atom stereocenters. The summed E-state index contributed by atoms with van der Waals surface area (Å²) in [6, 6.07) is 7.70. The van der Waals surface area contributed by atoms with Crippen molar-refractivity contribution in [2.75, 3.05) is 0 Å². The first-order valence-electron chi connectivity index (χ1n) is 4.15. The van der Waals surface area contributed by atoms with E-state index >= 15 is 0 Å². The van der Waals surface area contributed by atoms with Gasteiger partial charge in [0.2, 0.25) is 0 Å². The highest BCUT2D eigenvalue weighted by molar-refractivity contribution is 5.72. The van der Waals surface area contributed by atoms with E-state index in [0.717, 1.165) is 11.0 Å². The second-order valence-electron chi connectivity index (χ2n) is 2.57. The molecular formula is C9H9N5. The highest BCUT2D eigenvalue weighted by Gasteiger charge is 1.90. The van der Waals surface area contributed by atoms with Crippen molar-refractivity contribution in [2.45, 2.75) is 0 Å². The first kappa shape index (κ1) is 8.43. The summed E-state index contributed by atoms with van der Waals surface area (Å²) in [5, 5.41) is 10.3. The lowest BCUT2D eigenvalue weighted by Crippen LogP contribution is -1.63. The van der Waals surface area contributed by atoms with Gasteiger partial charge in [-0.25, -0.2) is 4.98 Å². The van der Waals surface area contributed by atoms with Crippen molar-refractivity contribution in [1.82, 2.24) is 25.4 Å². The van der Waals surface area contributed by atoms with Crippen LogP contribution in [0.25, 0.3) is 11.0 Å². The molecule has 70 valence electrons. The molecule has 3 aromatic rings. The fourth-order valence-corrected chi connectivity index (χ4v) is 1.00. The third kappa shape index (κ3) is 1.95. The highest BCUT2D eigenvalue weighted by atomic mass is 15.3. The van der Waals surface area contributed by atoms with Crippen molar-refractivity contribution in [1.29, 1.82) is 0 Å². The maximum atomic E-state index is 3.88. The zero-order valence-electron chi connectivity index (χ0n) is 7.38. The standard InChI is InChI=1S/C6H5N3.C3H4N2/c1-2-4-6-5(3-1)7-9-8-6;1-2-5-3-4-1/h1-4H,(H,7,8,9);1-3H,(H,4,5). The maximum absolute atomic E-state index is 3.88. The lowest BCUT2D eigenvalue weighted by atomic mass is 10.3. The van der Waals surface area contributed by atoms with E-state index in [2.05, 4.69) is 25.4 Å². The zero-order chi connectivity index (χ0) is 9.64. The summed E-state index contributed by atoms with van der Waals surface area (Å²) in [4.78, 5) is 6.42. The number of fused-ring (bicyclic) bond motifs is 1. The number of imidazole rings is 1. The Hall–Kier alpha value is -2.17. The normalized spacial score (nSPS) is 9.43. The number of H-pyrrole nitrogens is 2. The van der Waals surface area contributed by atoms with Gasteiger partial charge < -0.3 is 4.98 Å². The van der Waals surface area contributed by atoms with Gasteiger partial charge in [0, 0.05) is 12.4 Å². The zero-order valence-corrected chi connectivity index (χ0v) is 7.38. The summed E-state index contributed by atoms with van der Waals surface area (Å²) in [7, 11) is 0. The van der Waals surface area contributed by atoms with Crippen LogP contribution in [0.4, 0.5) is 0 Å². The molecule has 0 amide bonds. The number of benzene rings is 1. The van der Waals surface area contributed by atoms with Gasteiger partial charge in [0.15, 0.2) is 0 Å². The smallest absolute Gasteiger partial charge is 0.112 e. The lowest BCUT2D eigenvalue weighted by molar-refractivity contribution is 0.959. The average Bonchev–Trinajstić information content (AvgIpc) is 2.92. The Morgan fingerprint density at radius 1 is 1.00 bits per heavy atom. The van der Waals surface area contributed by atoms with Crippen molar-refractivity contribution >= 4 is 11.0 Å². The molecule has 0 spiro atoms. The number of para-hydroxylation sites is 2. The average molecular weight is 187 g/mol. The molecule has 5 nitrogen and oxygen atoms in total. The Kier molecular flexibility index (Phi) is 2.51. The Morgan fingerprint density at radius 3 is 2.14 bits per heavy atom. The third-order valence-electron chi connectivity index (χ3n) is 1.63. The molecule has 0 fully saturated rings. The number of hydrogen-bond donors (Lipinski definition) is 2. The van der Waals surface area contributed by atoms with Crippen LogP contribution in [-0.4, -0.2) is 25.4 Å². The molecule has 0 aliphatic heterocycles. The molecule has 2 N–H and O–H groups in total. The lowest BCUT2D eigenvalue weighted by Gasteiger charge is -1.78. The minimum Gasteiger partial charge on any atom is -0.351 e. The number of hydrogen-bond acceptors (Lipinski definition) is 3. The fourth-order valence-electron chi connectivity index (χ4n) is 1.00. The Labute approximate surface area is 80.2 Å². The summed E-state index contributed by atoms with van der Waals surface area (Å²) in [5.41, 5.74) is 1.83. The van der Waals surface area contributed by atoms with Crippen molar-refractivity contribution in [3.63, 3.8) is 0 Å². The first-order chi connectivity index (χ1) is 6.97. The van der Waals surface area contributed by atoms with Crippen molar-refractivity contribution in [3.05, 3.63) is 43.0 Å². The van der Waals surface area contributed by atoms with Gasteiger partial charge in [-0.2, -0.15) is 15.4 Å². The number of nitrogens with zero attached hydrogens (tertiary/aromatic N) is 3. The molecule has 5 heteroatoms. The summed E-state index contributed by atoms with van der Waals surface area (Å²) >= 11 is 0. The number of aromatic nitrogens is 5. The fraction of sp³-hybridized carbons (Fsp3) is 0. The van der Waals surface area contributed by atoms with Crippen LogP contribution in [0.5, 0.6) is 0 Å². The third-order valence-corrected chi connectivity index (χ3v) is 1.63. The summed E-state index contributed by atoms with van der Waals surface area (Å²) in [5.74, 6) is 0. The Bertz CT molecular complexity index is 423. The van der Waals surface area contributed by atoms with Crippen molar-refractivity contribution < 1.29 is 0 Å². The quantitative estimate of drug-likeness (QED) is 0.558. The topological polar surface area (TPSA) is 70.2 Å². The molecule has 0 bridgehead atoms. The molecule has 0 aliphatic carbocycles. The van der Waals surface area contributed by atoms with Gasteiger partial charge in [-0.1, -0.05) is 12.1 Å². The largest absolute Gasteiger partial charge is 0.351 e. The van der Waals surface area contributed by atoms with Crippen LogP contribution in [-0.2, 0) is 0 Å². The molecule has 3 rings (SSSR count). The van der Waals surface area contributed by atoms with Gasteiger partial charge in [-0.05, 0) is 12.1 Å². The number of nitrogens with one attached hydrogen (secondary N) is 2. The minimum atomic E-state index is 0.914. The van der Waals surface area contributed by atoms with Gasteiger partial charge in [0.1, 0.15) is 11.0 Å².